The first-order valence-corrected chi connectivity index (χ1v) is 9.06. The van der Waals surface area contributed by atoms with Gasteiger partial charge in [0.25, 0.3) is 0 Å². The highest BCUT2D eigenvalue weighted by Crippen LogP contribution is 2.31. The minimum Gasteiger partial charge on any atom is -0.496 e. The number of likely N-dealkylation sites (tertiary alicyclic amines) is 1. The Balaban J connectivity index is 1.72. The fourth-order valence-corrected chi connectivity index (χ4v) is 3.70. The Kier molecular flexibility index (Phi) is 6.10. The predicted octanol–water partition coefficient (Wildman–Crippen LogP) is 2.52. The number of carbonyl (C=O) groups is 1. The Morgan fingerprint density at radius 2 is 2.08 bits per heavy atom. The Hall–Kier alpha value is -1.59. The number of para-hydroxylation sites is 1. The van der Waals surface area contributed by atoms with Crippen molar-refractivity contribution in [1.82, 2.24) is 10.2 Å². The summed E-state index contributed by atoms with van der Waals surface area (Å²) < 4.78 is 11.1. The molecule has 1 N–H and O–H groups in total. The number of carbonyl (C=O) groups excluding carboxylic acids is 1. The van der Waals surface area contributed by atoms with Crippen LogP contribution in [0.4, 0.5) is 0 Å². The van der Waals surface area contributed by atoms with Crippen LogP contribution in [-0.4, -0.2) is 50.3 Å². The summed E-state index contributed by atoms with van der Waals surface area (Å²) in [5.41, 5.74) is 1.15. The summed E-state index contributed by atoms with van der Waals surface area (Å²) in [5, 5.41) is 3.11. The predicted molar refractivity (Wildman–Crippen MR) is 93.1 cm³/mol. The maximum atomic E-state index is 12.3. The van der Waals surface area contributed by atoms with Gasteiger partial charge >= 0.3 is 0 Å². The highest BCUT2D eigenvalue weighted by Gasteiger charge is 2.28. The molecule has 0 spiro atoms. The second-order valence-electron chi connectivity index (χ2n) is 6.60. The van der Waals surface area contributed by atoms with Crippen molar-refractivity contribution in [2.75, 3.05) is 33.4 Å². The second kappa shape index (κ2) is 8.49. The van der Waals surface area contributed by atoms with E-state index >= 15 is 0 Å². The van der Waals surface area contributed by atoms with Crippen molar-refractivity contribution < 1.29 is 14.3 Å². The zero-order valence-corrected chi connectivity index (χ0v) is 14.5. The summed E-state index contributed by atoms with van der Waals surface area (Å²) in [6, 6.07) is 8.27. The number of amides is 1. The van der Waals surface area contributed by atoms with Crippen LogP contribution < -0.4 is 10.1 Å². The van der Waals surface area contributed by atoms with Crippen molar-refractivity contribution in [3.8, 4) is 5.75 Å². The van der Waals surface area contributed by atoms with Crippen LogP contribution in [0.25, 0.3) is 0 Å². The van der Waals surface area contributed by atoms with E-state index in [1.54, 1.807) is 7.11 Å². The number of benzene rings is 1. The molecule has 2 aliphatic rings. The molecule has 0 radical (unpaired) electrons. The second-order valence-corrected chi connectivity index (χ2v) is 6.60. The van der Waals surface area contributed by atoms with Gasteiger partial charge in [-0.05, 0) is 44.8 Å². The van der Waals surface area contributed by atoms with Crippen LogP contribution in [0.5, 0.6) is 5.75 Å². The smallest absolute Gasteiger partial charge is 0.249 e. The number of hydrogen-bond donors (Lipinski definition) is 1. The van der Waals surface area contributed by atoms with Gasteiger partial charge in [0.15, 0.2) is 0 Å². The molecule has 1 aromatic carbocycles. The van der Waals surface area contributed by atoms with Gasteiger partial charge in [-0.25, -0.2) is 0 Å². The third-order valence-corrected chi connectivity index (χ3v) is 5.02. The van der Waals surface area contributed by atoms with Crippen molar-refractivity contribution in [2.24, 2.45) is 0 Å². The molecule has 2 aliphatic heterocycles. The molecule has 0 saturated carbocycles. The van der Waals surface area contributed by atoms with Crippen molar-refractivity contribution in [3.63, 3.8) is 0 Å². The maximum Gasteiger partial charge on any atom is 0.249 e. The van der Waals surface area contributed by atoms with Gasteiger partial charge in [-0.1, -0.05) is 24.6 Å². The Bertz CT molecular complexity index is 537. The van der Waals surface area contributed by atoms with E-state index in [0.717, 1.165) is 37.2 Å². The minimum absolute atomic E-state index is 0.0180. The molecular weight excluding hydrogens is 304 g/mol. The molecule has 2 fully saturated rings. The normalized spacial score (nSPS) is 23.0. The highest BCUT2D eigenvalue weighted by atomic mass is 16.5. The summed E-state index contributed by atoms with van der Waals surface area (Å²) >= 11 is 0. The van der Waals surface area contributed by atoms with E-state index in [0.29, 0.717) is 13.2 Å². The Morgan fingerprint density at radius 1 is 1.29 bits per heavy atom. The SMILES string of the molecule is COc1ccccc1C(CNC(=O)C1CCCO1)N1CCCCC1. The van der Waals surface area contributed by atoms with Crippen LogP contribution in [0.15, 0.2) is 24.3 Å². The fourth-order valence-electron chi connectivity index (χ4n) is 3.70. The lowest BCUT2D eigenvalue weighted by atomic mass is 10.0. The summed E-state index contributed by atoms with van der Waals surface area (Å²) in [7, 11) is 1.71. The van der Waals surface area contributed by atoms with E-state index in [9.17, 15) is 4.79 Å². The summed E-state index contributed by atoms with van der Waals surface area (Å²) in [4.78, 5) is 14.8. The Morgan fingerprint density at radius 3 is 2.79 bits per heavy atom. The molecule has 2 atom stereocenters. The van der Waals surface area contributed by atoms with Crippen molar-refractivity contribution >= 4 is 5.91 Å². The number of rotatable bonds is 6. The van der Waals surface area contributed by atoms with Gasteiger partial charge in [0.1, 0.15) is 11.9 Å². The van der Waals surface area contributed by atoms with Gasteiger partial charge in [-0.3, -0.25) is 9.69 Å². The van der Waals surface area contributed by atoms with Gasteiger partial charge in [0, 0.05) is 18.7 Å². The molecule has 1 amide bonds. The molecule has 5 nitrogen and oxygen atoms in total. The standard InChI is InChI=1S/C19H28N2O3/c1-23-17-9-4-3-8-15(17)16(21-11-5-2-6-12-21)14-20-19(22)18-10-7-13-24-18/h3-4,8-9,16,18H,2,5-7,10-14H2,1H3,(H,20,22). The monoisotopic (exact) mass is 332 g/mol. The van der Waals surface area contributed by atoms with Crippen LogP contribution in [-0.2, 0) is 9.53 Å². The zero-order valence-electron chi connectivity index (χ0n) is 14.5. The summed E-state index contributed by atoms with van der Waals surface area (Å²) in [6.45, 7) is 3.43. The molecule has 2 heterocycles. The lowest BCUT2D eigenvalue weighted by Crippen LogP contribution is -2.43. The molecule has 1 aromatic rings. The average Bonchev–Trinajstić information content (AvgIpc) is 3.18. The zero-order chi connectivity index (χ0) is 16.8. The lowest BCUT2D eigenvalue weighted by molar-refractivity contribution is -0.130. The van der Waals surface area contributed by atoms with Gasteiger partial charge in [0.2, 0.25) is 5.91 Å². The van der Waals surface area contributed by atoms with Gasteiger partial charge in [-0.15, -0.1) is 0 Å². The third kappa shape index (κ3) is 4.08. The number of methoxy groups -OCH3 is 1. The maximum absolute atomic E-state index is 12.3. The van der Waals surface area contributed by atoms with Gasteiger partial charge < -0.3 is 14.8 Å². The van der Waals surface area contributed by atoms with Gasteiger partial charge in [-0.2, -0.15) is 0 Å². The Labute approximate surface area is 144 Å². The fraction of sp³-hybridized carbons (Fsp3) is 0.632. The number of nitrogens with one attached hydrogen (secondary N) is 1. The van der Waals surface area contributed by atoms with Crippen LogP contribution >= 0.6 is 0 Å². The van der Waals surface area contributed by atoms with Crippen molar-refractivity contribution in [1.29, 1.82) is 0 Å². The molecule has 3 rings (SSSR count). The molecule has 0 aromatic heterocycles. The first-order valence-electron chi connectivity index (χ1n) is 9.06. The number of hydrogen-bond acceptors (Lipinski definition) is 4. The first-order chi connectivity index (χ1) is 11.8. The first kappa shape index (κ1) is 17.2. The minimum atomic E-state index is -0.273. The lowest BCUT2D eigenvalue weighted by Gasteiger charge is -2.35. The third-order valence-electron chi connectivity index (χ3n) is 5.02. The average molecular weight is 332 g/mol. The molecule has 2 unspecified atom stereocenters. The van der Waals surface area contributed by atoms with Crippen LogP contribution in [0, 0.1) is 0 Å². The van der Waals surface area contributed by atoms with Crippen molar-refractivity contribution in [3.05, 3.63) is 29.8 Å². The summed E-state index contributed by atoms with van der Waals surface area (Å²) in [6.07, 6.45) is 5.24. The molecule has 0 bridgehead atoms. The van der Waals surface area contributed by atoms with Crippen LogP contribution in [0.1, 0.15) is 43.7 Å². The quantitative estimate of drug-likeness (QED) is 0.870. The van der Waals surface area contributed by atoms with E-state index in [2.05, 4.69) is 16.3 Å². The summed E-state index contributed by atoms with van der Waals surface area (Å²) in [5.74, 6) is 0.906. The molecule has 5 heteroatoms. The largest absolute Gasteiger partial charge is 0.496 e. The topological polar surface area (TPSA) is 50.8 Å². The van der Waals surface area contributed by atoms with Crippen LogP contribution in [0.3, 0.4) is 0 Å². The molecule has 0 aliphatic carbocycles. The number of ether oxygens (including phenoxy) is 2. The van der Waals surface area contributed by atoms with Crippen molar-refractivity contribution in [2.45, 2.75) is 44.2 Å². The van der Waals surface area contributed by atoms with E-state index in [-0.39, 0.29) is 18.1 Å². The number of nitrogens with zero attached hydrogens (tertiary/aromatic N) is 1. The van der Waals surface area contributed by atoms with Crippen LogP contribution in [0.2, 0.25) is 0 Å². The van der Waals surface area contributed by atoms with E-state index in [4.69, 9.17) is 9.47 Å². The molecular formula is C19H28N2O3. The van der Waals surface area contributed by atoms with E-state index < -0.39 is 0 Å². The molecule has 132 valence electrons. The van der Waals surface area contributed by atoms with Gasteiger partial charge in [0.05, 0.1) is 13.2 Å². The molecule has 2 saturated heterocycles. The van der Waals surface area contributed by atoms with E-state index in [1.165, 1.54) is 19.3 Å². The molecule has 24 heavy (non-hydrogen) atoms. The van der Waals surface area contributed by atoms with E-state index in [1.807, 2.05) is 18.2 Å². The number of piperidine rings is 1. The highest BCUT2D eigenvalue weighted by molar-refractivity contribution is 5.81.